The summed E-state index contributed by atoms with van der Waals surface area (Å²) in [5.41, 5.74) is 2.35. The zero-order valence-corrected chi connectivity index (χ0v) is 26.0. The van der Waals surface area contributed by atoms with Crippen LogP contribution in [0.4, 0.5) is 0 Å². The van der Waals surface area contributed by atoms with Crippen molar-refractivity contribution >= 4 is 16.6 Å². The van der Waals surface area contributed by atoms with E-state index in [1.165, 1.54) is 11.1 Å². The van der Waals surface area contributed by atoms with Crippen LogP contribution in [0.25, 0.3) is 0 Å². The predicted molar refractivity (Wildman–Crippen MR) is 176 cm³/mol. The number of hydrogen-bond acceptors (Lipinski definition) is 2. The van der Waals surface area contributed by atoms with Crippen LogP contribution in [0.2, 0.25) is 36.3 Å². The summed E-state index contributed by atoms with van der Waals surface area (Å²) in [7, 11) is -4.64. The highest BCUT2D eigenvalue weighted by Crippen LogP contribution is 2.45. The zero-order chi connectivity index (χ0) is 28.6. The minimum absolute atomic E-state index is 0.0763. The molecule has 2 rings (SSSR count). The summed E-state index contributed by atoms with van der Waals surface area (Å²) in [5, 5.41) is 0. The molecule has 39 heavy (non-hydrogen) atoms. The Morgan fingerprint density at radius 3 is 1.05 bits per heavy atom. The first kappa shape index (κ1) is 32.4. The SMILES string of the molecule is C=CC[Si](CC=C)(CC=C)OC(c1ccccc1)C(CC)C(O[Si](CC=C)(CC=C)CC=C)c1ccccc1. The predicted octanol–water partition coefficient (Wildman–Crippen LogP) is 10.5. The van der Waals surface area contributed by atoms with Crippen LogP contribution in [0, 0.1) is 5.92 Å². The molecule has 4 heteroatoms. The molecule has 208 valence electrons. The van der Waals surface area contributed by atoms with Crippen molar-refractivity contribution in [3.8, 4) is 0 Å². The molecule has 2 nitrogen and oxygen atoms in total. The summed E-state index contributed by atoms with van der Waals surface area (Å²) in [6.45, 7) is 26.8. The minimum atomic E-state index is -2.32. The molecule has 0 bridgehead atoms. The van der Waals surface area contributed by atoms with Gasteiger partial charge in [0.1, 0.15) is 0 Å². The average Bonchev–Trinajstić information content (AvgIpc) is 2.94. The molecule has 0 aliphatic rings. The molecular formula is C35H48O2Si2. The molecule has 0 aliphatic heterocycles. The van der Waals surface area contributed by atoms with Crippen LogP contribution in [0.3, 0.4) is 0 Å². The molecule has 0 aromatic heterocycles. The Labute approximate surface area is 240 Å². The molecule has 0 spiro atoms. The van der Waals surface area contributed by atoms with Gasteiger partial charge in [-0.25, -0.2) is 0 Å². The fourth-order valence-electron chi connectivity index (χ4n) is 5.58. The van der Waals surface area contributed by atoms with Gasteiger partial charge < -0.3 is 8.85 Å². The van der Waals surface area contributed by atoms with Crippen LogP contribution >= 0.6 is 0 Å². The zero-order valence-electron chi connectivity index (χ0n) is 24.0. The second-order valence-electron chi connectivity index (χ2n) is 10.3. The summed E-state index contributed by atoms with van der Waals surface area (Å²) >= 11 is 0. The molecule has 2 atom stereocenters. The molecule has 0 fully saturated rings. The minimum Gasteiger partial charge on any atom is -0.409 e. The van der Waals surface area contributed by atoms with Gasteiger partial charge in [0.2, 0.25) is 16.6 Å². The van der Waals surface area contributed by atoms with Crippen molar-refractivity contribution in [3.63, 3.8) is 0 Å². The Balaban J connectivity index is 2.75. The average molecular weight is 557 g/mol. The topological polar surface area (TPSA) is 18.5 Å². The van der Waals surface area contributed by atoms with Crippen LogP contribution < -0.4 is 0 Å². The van der Waals surface area contributed by atoms with Crippen LogP contribution in [0.15, 0.2) is 137 Å². The lowest BCUT2D eigenvalue weighted by atomic mass is 9.85. The van der Waals surface area contributed by atoms with E-state index < -0.39 is 16.6 Å². The van der Waals surface area contributed by atoms with Gasteiger partial charge >= 0.3 is 0 Å². The Kier molecular flexibility index (Phi) is 14.2. The van der Waals surface area contributed by atoms with Crippen LogP contribution in [0.1, 0.15) is 36.7 Å². The van der Waals surface area contributed by atoms with Gasteiger partial charge in [-0.15, -0.1) is 39.5 Å². The third-order valence-electron chi connectivity index (χ3n) is 7.36. The van der Waals surface area contributed by atoms with E-state index in [2.05, 4.69) is 107 Å². The van der Waals surface area contributed by atoms with Crippen molar-refractivity contribution < 1.29 is 8.85 Å². The van der Waals surface area contributed by atoms with E-state index in [4.69, 9.17) is 8.85 Å². The van der Waals surface area contributed by atoms with Gasteiger partial charge in [-0.3, -0.25) is 0 Å². The molecule has 0 N–H and O–H groups in total. The Morgan fingerprint density at radius 2 is 0.821 bits per heavy atom. The lowest BCUT2D eigenvalue weighted by Crippen LogP contribution is -2.43. The highest BCUT2D eigenvalue weighted by atomic mass is 28.4. The number of hydrogen-bond donors (Lipinski definition) is 0. The van der Waals surface area contributed by atoms with Crippen molar-refractivity contribution in [2.24, 2.45) is 5.92 Å². The lowest BCUT2D eigenvalue weighted by Gasteiger charge is -2.43. The summed E-state index contributed by atoms with van der Waals surface area (Å²) in [5.74, 6) is 0.0763. The molecule has 0 aliphatic carbocycles. The van der Waals surface area contributed by atoms with Crippen molar-refractivity contribution in [1.29, 1.82) is 0 Å². The van der Waals surface area contributed by atoms with Crippen LogP contribution in [0.5, 0.6) is 0 Å². The summed E-state index contributed by atoms with van der Waals surface area (Å²) < 4.78 is 14.8. The molecule has 0 saturated heterocycles. The fourth-order valence-corrected chi connectivity index (χ4v) is 12.0. The molecule has 0 heterocycles. The second-order valence-corrected chi connectivity index (χ2v) is 17.9. The maximum Gasteiger partial charge on any atom is 0.204 e. The van der Waals surface area contributed by atoms with Crippen LogP contribution in [-0.2, 0) is 8.85 Å². The third-order valence-corrected chi connectivity index (χ3v) is 15.1. The first-order valence-electron chi connectivity index (χ1n) is 14.1. The van der Waals surface area contributed by atoms with Crippen molar-refractivity contribution in [2.45, 2.75) is 61.8 Å². The number of benzene rings is 2. The molecular weight excluding hydrogens is 509 g/mol. The lowest BCUT2D eigenvalue weighted by molar-refractivity contribution is 0.0248. The monoisotopic (exact) mass is 556 g/mol. The highest BCUT2D eigenvalue weighted by molar-refractivity contribution is 6.75. The van der Waals surface area contributed by atoms with Gasteiger partial charge in [-0.1, -0.05) is 104 Å². The van der Waals surface area contributed by atoms with E-state index in [0.717, 1.165) is 42.7 Å². The number of allylic oxidation sites excluding steroid dienone is 6. The van der Waals surface area contributed by atoms with Crippen molar-refractivity contribution in [2.75, 3.05) is 0 Å². The van der Waals surface area contributed by atoms with Gasteiger partial charge in [0.25, 0.3) is 0 Å². The van der Waals surface area contributed by atoms with E-state index >= 15 is 0 Å². The summed E-state index contributed by atoms with van der Waals surface area (Å²) in [6.07, 6.45) is 12.6. The Bertz CT molecular complexity index is 910. The second kappa shape index (κ2) is 17.0. The van der Waals surface area contributed by atoms with E-state index in [0.29, 0.717) is 0 Å². The normalized spacial score (nSPS) is 14.0. The van der Waals surface area contributed by atoms with Gasteiger partial charge in [0, 0.05) is 5.92 Å². The Hall–Kier alpha value is -2.77. The summed E-state index contributed by atoms with van der Waals surface area (Å²) in [4.78, 5) is 0. The molecule has 2 aromatic carbocycles. The van der Waals surface area contributed by atoms with Gasteiger partial charge in [-0.05, 0) is 53.8 Å². The largest absolute Gasteiger partial charge is 0.409 e. The van der Waals surface area contributed by atoms with E-state index in [-0.39, 0.29) is 18.1 Å². The summed E-state index contributed by atoms with van der Waals surface area (Å²) in [6, 6.07) is 26.3. The quantitative estimate of drug-likeness (QED) is 0.112. The maximum absolute atomic E-state index is 7.40. The van der Waals surface area contributed by atoms with E-state index in [1.54, 1.807) is 0 Å². The maximum atomic E-state index is 7.40. The molecule has 0 radical (unpaired) electrons. The Morgan fingerprint density at radius 1 is 0.538 bits per heavy atom. The first-order chi connectivity index (χ1) is 19.0. The molecule has 2 aromatic rings. The van der Waals surface area contributed by atoms with Crippen molar-refractivity contribution in [3.05, 3.63) is 148 Å². The van der Waals surface area contributed by atoms with E-state index in [9.17, 15) is 0 Å². The fraction of sp³-hybridized carbons (Fsp3) is 0.314. The number of rotatable bonds is 21. The molecule has 0 saturated carbocycles. The van der Waals surface area contributed by atoms with Gasteiger partial charge in [0.15, 0.2) is 0 Å². The van der Waals surface area contributed by atoms with Crippen LogP contribution in [-0.4, -0.2) is 16.6 Å². The van der Waals surface area contributed by atoms with Crippen molar-refractivity contribution in [1.82, 2.24) is 0 Å². The highest BCUT2D eigenvalue weighted by Gasteiger charge is 2.43. The standard InChI is InChI=1S/C35H48O2Si2/c1-8-25-38(26-9-2,27-10-3)36-34(31-21-17-15-18-22-31)33(14-7)35(32-23-19-16-20-24-32)37-39(28-11-4,29-12-5)30-13-6/h8-13,15-24,33-35H,1-6,14,25-30H2,7H3. The van der Waals surface area contributed by atoms with Gasteiger partial charge in [-0.2, -0.15) is 0 Å². The van der Waals surface area contributed by atoms with Gasteiger partial charge in [0.05, 0.1) is 12.2 Å². The first-order valence-corrected chi connectivity index (χ1v) is 19.1. The molecule has 2 unspecified atom stereocenters. The smallest absolute Gasteiger partial charge is 0.204 e. The van der Waals surface area contributed by atoms with E-state index in [1.807, 2.05) is 36.5 Å². The molecule has 0 amide bonds. The third kappa shape index (κ3) is 9.14.